The van der Waals surface area contributed by atoms with Gasteiger partial charge in [0.1, 0.15) is 5.70 Å². The topological polar surface area (TPSA) is 77.3 Å². The molecule has 1 aromatic rings. The largest absolute Gasteiger partial charge is 0.311 e. The van der Waals surface area contributed by atoms with Crippen LogP contribution in [0.25, 0.3) is 0 Å². The number of carbonyl (C=O) groups excluding carboxylic acids is 1. The molecule has 0 atom stereocenters. The first-order valence-electron chi connectivity index (χ1n) is 6.75. The number of benzene rings is 1. The lowest BCUT2D eigenvalue weighted by Gasteiger charge is -2.16. The van der Waals surface area contributed by atoms with E-state index in [0.717, 1.165) is 17.1 Å². The maximum absolute atomic E-state index is 11.3. The van der Waals surface area contributed by atoms with Crippen LogP contribution < -0.4 is 5.48 Å². The Hall–Kier alpha value is -2.47. The van der Waals surface area contributed by atoms with Gasteiger partial charge in [-0.25, -0.2) is 10.5 Å². The second-order valence-electron chi connectivity index (χ2n) is 4.48. The molecule has 0 aliphatic carbocycles. The van der Waals surface area contributed by atoms with Crippen LogP contribution in [-0.4, -0.2) is 34.7 Å². The fourth-order valence-corrected chi connectivity index (χ4v) is 2.06. The summed E-state index contributed by atoms with van der Waals surface area (Å²) in [5.74, 6) is 0.339. The molecule has 0 saturated heterocycles. The van der Waals surface area contributed by atoms with Crippen molar-refractivity contribution in [2.45, 2.75) is 20.4 Å². The van der Waals surface area contributed by atoms with E-state index in [9.17, 15) is 4.79 Å². The molecule has 0 unspecified atom stereocenters. The van der Waals surface area contributed by atoms with Crippen LogP contribution in [0.2, 0.25) is 0 Å². The molecule has 6 heteroatoms. The third-order valence-corrected chi connectivity index (χ3v) is 3.09. The Morgan fingerprint density at radius 1 is 1.43 bits per heavy atom. The van der Waals surface area contributed by atoms with E-state index in [2.05, 4.69) is 9.98 Å². The van der Waals surface area contributed by atoms with Crippen LogP contribution in [-0.2, 0) is 6.54 Å². The van der Waals surface area contributed by atoms with Gasteiger partial charge in [-0.1, -0.05) is 18.2 Å². The Labute approximate surface area is 123 Å². The fourth-order valence-electron chi connectivity index (χ4n) is 2.06. The van der Waals surface area contributed by atoms with Gasteiger partial charge in [-0.3, -0.25) is 15.0 Å². The van der Waals surface area contributed by atoms with Crippen molar-refractivity contribution in [3.8, 4) is 0 Å². The standard InChI is InChI=1S/C15H18N4O2/c1-3-13-14(16-4-2)19(10-17-13)9-11-5-7-12(8-6-11)15(20)18-21/h3,5-8,10,21H,4,9H2,1-2H3,(H,18,20)/b13-3+,16-14+. The van der Waals surface area contributed by atoms with Crippen molar-refractivity contribution in [3.63, 3.8) is 0 Å². The van der Waals surface area contributed by atoms with Gasteiger partial charge in [0.2, 0.25) is 0 Å². The Morgan fingerprint density at radius 3 is 2.71 bits per heavy atom. The highest BCUT2D eigenvalue weighted by atomic mass is 16.5. The number of hydrogen-bond donors (Lipinski definition) is 2. The zero-order valence-corrected chi connectivity index (χ0v) is 12.1. The van der Waals surface area contributed by atoms with E-state index in [1.807, 2.05) is 37.0 Å². The summed E-state index contributed by atoms with van der Waals surface area (Å²) in [6, 6.07) is 7.02. The van der Waals surface area contributed by atoms with Crippen molar-refractivity contribution in [3.05, 3.63) is 47.2 Å². The van der Waals surface area contributed by atoms with Crippen LogP contribution in [0.4, 0.5) is 0 Å². The minimum atomic E-state index is -0.520. The molecule has 110 valence electrons. The first kappa shape index (κ1) is 14.9. The second kappa shape index (κ2) is 6.81. The average Bonchev–Trinajstić information content (AvgIpc) is 2.90. The molecule has 1 heterocycles. The number of rotatable bonds is 4. The molecule has 1 amide bonds. The molecular weight excluding hydrogens is 268 g/mol. The number of allylic oxidation sites excluding steroid dienone is 1. The molecule has 2 rings (SSSR count). The van der Waals surface area contributed by atoms with Crippen LogP contribution in [0.1, 0.15) is 29.8 Å². The van der Waals surface area contributed by atoms with E-state index in [-0.39, 0.29) is 0 Å². The average molecular weight is 286 g/mol. The molecule has 0 fully saturated rings. The van der Waals surface area contributed by atoms with Crippen molar-refractivity contribution in [1.29, 1.82) is 0 Å². The smallest absolute Gasteiger partial charge is 0.274 e. The van der Waals surface area contributed by atoms with Gasteiger partial charge in [-0.2, -0.15) is 0 Å². The van der Waals surface area contributed by atoms with E-state index in [1.165, 1.54) is 0 Å². The lowest BCUT2D eigenvalue weighted by molar-refractivity contribution is 0.0706. The zero-order valence-electron chi connectivity index (χ0n) is 12.1. The van der Waals surface area contributed by atoms with Gasteiger partial charge in [0, 0.05) is 12.1 Å². The summed E-state index contributed by atoms with van der Waals surface area (Å²) in [6.07, 6.45) is 3.69. The second-order valence-corrected chi connectivity index (χ2v) is 4.48. The molecule has 1 aliphatic heterocycles. The summed E-state index contributed by atoms with van der Waals surface area (Å²) in [5, 5.41) is 8.59. The Kier molecular flexibility index (Phi) is 4.84. The molecule has 0 bridgehead atoms. The number of hydrogen-bond acceptors (Lipinski definition) is 4. The van der Waals surface area contributed by atoms with Crippen LogP contribution in [0.15, 0.2) is 46.0 Å². The van der Waals surface area contributed by atoms with Crippen molar-refractivity contribution in [2.24, 2.45) is 9.98 Å². The Bertz CT molecular complexity index is 603. The highest BCUT2D eigenvalue weighted by Gasteiger charge is 2.19. The Balaban J connectivity index is 2.13. The SMILES string of the molecule is C/C=C1/N=CN(Cc2ccc(C(=O)NO)cc2)/C1=N/CC. The van der Waals surface area contributed by atoms with Crippen LogP contribution in [0, 0.1) is 0 Å². The normalized spacial score (nSPS) is 17.8. The Morgan fingerprint density at radius 2 is 2.14 bits per heavy atom. The van der Waals surface area contributed by atoms with Gasteiger partial charge in [0.05, 0.1) is 12.9 Å². The predicted molar refractivity (Wildman–Crippen MR) is 81.5 cm³/mol. The summed E-state index contributed by atoms with van der Waals surface area (Å²) in [5.41, 5.74) is 3.92. The minimum Gasteiger partial charge on any atom is -0.311 e. The molecule has 0 saturated carbocycles. The van der Waals surface area contributed by atoms with Gasteiger partial charge < -0.3 is 4.90 Å². The maximum atomic E-state index is 11.3. The lowest BCUT2D eigenvalue weighted by atomic mass is 10.1. The first-order valence-corrected chi connectivity index (χ1v) is 6.75. The maximum Gasteiger partial charge on any atom is 0.274 e. The van der Waals surface area contributed by atoms with Crippen LogP contribution in [0.3, 0.4) is 0 Å². The lowest BCUT2D eigenvalue weighted by Crippen LogP contribution is -2.25. The first-order chi connectivity index (χ1) is 10.2. The number of amides is 1. The molecule has 0 aromatic heterocycles. The number of carbonyl (C=O) groups is 1. The fraction of sp³-hybridized carbons (Fsp3) is 0.267. The summed E-state index contributed by atoms with van der Waals surface area (Å²) in [6.45, 7) is 5.24. The zero-order chi connectivity index (χ0) is 15.2. The van der Waals surface area contributed by atoms with Crippen LogP contribution in [0.5, 0.6) is 0 Å². The van der Waals surface area contributed by atoms with E-state index in [4.69, 9.17) is 5.21 Å². The highest BCUT2D eigenvalue weighted by Crippen LogP contribution is 2.16. The summed E-state index contributed by atoms with van der Waals surface area (Å²) in [7, 11) is 0. The van der Waals surface area contributed by atoms with Gasteiger partial charge in [0.25, 0.3) is 5.91 Å². The molecular formula is C15H18N4O2. The van der Waals surface area contributed by atoms with E-state index in [1.54, 1.807) is 24.0 Å². The monoisotopic (exact) mass is 286 g/mol. The van der Waals surface area contributed by atoms with Gasteiger partial charge in [0.15, 0.2) is 5.84 Å². The van der Waals surface area contributed by atoms with E-state index in [0.29, 0.717) is 18.7 Å². The van der Waals surface area contributed by atoms with Gasteiger partial charge >= 0.3 is 0 Å². The molecule has 1 aromatic carbocycles. The summed E-state index contributed by atoms with van der Waals surface area (Å²) in [4.78, 5) is 22.0. The highest BCUT2D eigenvalue weighted by molar-refractivity contribution is 6.08. The third-order valence-electron chi connectivity index (χ3n) is 3.09. The third kappa shape index (κ3) is 3.35. The number of nitrogens with one attached hydrogen (secondary N) is 1. The van der Waals surface area contributed by atoms with Gasteiger partial charge in [-0.15, -0.1) is 0 Å². The molecule has 6 nitrogen and oxygen atoms in total. The van der Waals surface area contributed by atoms with E-state index >= 15 is 0 Å². The summed E-state index contributed by atoms with van der Waals surface area (Å²) >= 11 is 0. The summed E-state index contributed by atoms with van der Waals surface area (Å²) < 4.78 is 0. The molecule has 1 aliphatic rings. The quantitative estimate of drug-likeness (QED) is 0.656. The van der Waals surface area contributed by atoms with Gasteiger partial charge in [-0.05, 0) is 31.5 Å². The number of hydroxylamine groups is 1. The minimum absolute atomic E-state index is 0.410. The van der Waals surface area contributed by atoms with Crippen molar-refractivity contribution in [1.82, 2.24) is 10.4 Å². The molecule has 2 N–H and O–H groups in total. The number of amidine groups is 1. The number of nitrogens with zero attached hydrogens (tertiary/aromatic N) is 3. The van der Waals surface area contributed by atoms with Crippen LogP contribution >= 0.6 is 0 Å². The van der Waals surface area contributed by atoms with Crippen molar-refractivity contribution in [2.75, 3.05) is 6.54 Å². The molecule has 0 radical (unpaired) electrons. The molecule has 21 heavy (non-hydrogen) atoms. The predicted octanol–water partition coefficient (Wildman–Crippen LogP) is 1.97. The van der Waals surface area contributed by atoms with Crippen molar-refractivity contribution < 1.29 is 10.0 Å². The van der Waals surface area contributed by atoms with E-state index < -0.39 is 5.91 Å². The molecule has 0 spiro atoms. The van der Waals surface area contributed by atoms with Crippen molar-refractivity contribution >= 4 is 18.1 Å². The number of aliphatic imine (C=N–C) groups is 2.